The molecule has 0 amide bonds. The third-order valence-corrected chi connectivity index (χ3v) is 5.16. The third kappa shape index (κ3) is 3.57. The van der Waals surface area contributed by atoms with Crippen LogP contribution in [0, 0.1) is 17.5 Å². The summed E-state index contributed by atoms with van der Waals surface area (Å²) in [5.41, 5.74) is -1.03. The van der Waals surface area contributed by atoms with Gasteiger partial charge in [-0.25, -0.2) is 22.8 Å². The van der Waals surface area contributed by atoms with Gasteiger partial charge < -0.3 is 5.11 Å². The van der Waals surface area contributed by atoms with Gasteiger partial charge in [-0.3, -0.25) is 0 Å². The molecule has 0 aliphatic carbocycles. The van der Waals surface area contributed by atoms with Gasteiger partial charge in [0.05, 0.1) is 12.7 Å². The van der Waals surface area contributed by atoms with Gasteiger partial charge in [0.1, 0.15) is 41.4 Å². The molecule has 2 unspecified atom stereocenters. The number of hydrogen-bond acceptors (Lipinski definition) is 5. The fourth-order valence-corrected chi connectivity index (χ4v) is 3.49. The molecule has 2 aromatic carbocycles. The topological polar surface area (TPSA) is 92.5 Å². The fraction of sp³-hybridized carbons (Fsp3) is 0.200. The molecular weight excluding hydrogens is 397 g/mol. The summed E-state index contributed by atoms with van der Waals surface area (Å²) < 4.78 is 44.4. The Hall–Kier alpha value is -3.53. The van der Waals surface area contributed by atoms with Gasteiger partial charge in [0.15, 0.2) is 0 Å². The predicted octanol–water partition coefficient (Wildman–Crippen LogP) is 3.17. The van der Waals surface area contributed by atoms with Crippen LogP contribution < -0.4 is 0 Å². The molecule has 0 saturated heterocycles. The smallest absolute Gasteiger partial charge is 0.137 e. The summed E-state index contributed by atoms with van der Waals surface area (Å²) in [7, 11) is 0. The number of aliphatic hydroxyl groups is 1. The first-order valence-corrected chi connectivity index (χ1v) is 9.04. The van der Waals surface area contributed by atoms with E-state index >= 15 is 4.39 Å². The molecule has 0 aliphatic heterocycles. The van der Waals surface area contributed by atoms with E-state index in [4.69, 9.17) is 0 Å². The lowest BCUT2D eigenvalue weighted by Crippen LogP contribution is -2.38. The summed E-state index contributed by atoms with van der Waals surface area (Å²) in [6, 6.07) is 7.27. The number of halogens is 3. The lowest BCUT2D eigenvalue weighted by Gasteiger charge is -2.35. The zero-order valence-electron chi connectivity index (χ0n) is 15.8. The summed E-state index contributed by atoms with van der Waals surface area (Å²) in [4.78, 5) is 3.82. The molecule has 7 nitrogen and oxygen atoms in total. The SMILES string of the molecule is CC(c1ccc(-c2cn[nH]n2)cc1F)C(O)(Cn1cncn1)c1ccc(F)cc1F. The van der Waals surface area contributed by atoms with Gasteiger partial charge in [-0.2, -0.15) is 20.5 Å². The minimum absolute atomic E-state index is 0.147. The molecule has 30 heavy (non-hydrogen) atoms. The van der Waals surface area contributed by atoms with Crippen LogP contribution in [0.15, 0.2) is 55.2 Å². The van der Waals surface area contributed by atoms with Crippen molar-refractivity contribution in [2.75, 3.05) is 0 Å². The van der Waals surface area contributed by atoms with Crippen LogP contribution in [0.1, 0.15) is 24.0 Å². The second kappa shape index (κ2) is 7.71. The van der Waals surface area contributed by atoms with E-state index in [1.807, 2.05) is 0 Å². The van der Waals surface area contributed by atoms with E-state index in [9.17, 15) is 13.9 Å². The van der Waals surface area contributed by atoms with Crippen LogP contribution in [0.2, 0.25) is 0 Å². The maximum Gasteiger partial charge on any atom is 0.137 e. The maximum atomic E-state index is 15.0. The number of nitrogens with zero attached hydrogens (tertiary/aromatic N) is 5. The van der Waals surface area contributed by atoms with Gasteiger partial charge >= 0.3 is 0 Å². The Bertz CT molecular complexity index is 1150. The molecular formula is C20H17F3N6O. The standard InChI is InChI=1S/C20H17F3N6O/c1-12(15-4-2-13(6-17(15)22)19-8-25-28-27-19)20(30,9-29-11-24-10-26-29)16-5-3-14(21)7-18(16)23/h2-8,10-12,30H,9H2,1H3,(H,25,27,28). The highest BCUT2D eigenvalue weighted by Gasteiger charge is 2.41. The predicted molar refractivity (Wildman–Crippen MR) is 100 cm³/mol. The van der Waals surface area contributed by atoms with Crippen molar-refractivity contribution in [3.05, 3.63) is 83.8 Å². The summed E-state index contributed by atoms with van der Waals surface area (Å²) >= 11 is 0. The Morgan fingerprint density at radius 3 is 2.60 bits per heavy atom. The molecule has 2 aromatic heterocycles. The van der Waals surface area contributed by atoms with Crippen LogP contribution in [-0.4, -0.2) is 35.3 Å². The monoisotopic (exact) mass is 414 g/mol. The van der Waals surface area contributed by atoms with E-state index in [0.29, 0.717) is 17.3 Å². The van der Waals surface area contributed by atoms with E-state index in [-0.39, 0.29) is 17.7 Å². The minimum atomic E-state index is -1.94. The quantitative estimate of drug-likeness (QED) is 0.506. The zero-order valence-corrected chi connectivity index (χ0v) is 15.8. The largest absolute Gasteiger partial charge is 0.382 e. The van der Waals surface area contributed by atoms with E-state index in [1.165, 1.54) is 35.7 Å². The summed E-state index contributed by atoms with van der Waals surface area (Å²) in [5, 5.41) is 25.6. The number of benzene rings is 2. The molecule has 0 saturated carbocycles. The summed E-state index contributed by atoms with van der Waals surface area (Å²) in [6.45, 7) is 1.34. The highest BCUT2D eigenvalue weighted by Crippen LogP contribution is 2.41. The average molecular weight is 414 g/mol. The molecule has 154 valence electrons. The third-order valence-electron chi connectivity index (χ3n) is 5.16. The molecule has 0 radical (unpaired) electrons. The second-order valence-corrected chi connectivity index (χ2v) is 6.95. The van der Waals surface area contributed by atoms with E-state index in [2.05, 4.69) is 25.5 Å². The molecule has 0 spiro atoms. The summed E-state index contributed by atoms with van der Waals surface area (Å²) in [5.74, 6) is -3.25. The molecule has 2 N–H and O–H groups in total. The van der Waals surface area contributed by atoms with Gasteiger partial charge in [-0.1, -0.05) is 25.1 Å². The first kappa shape index (κ1) is 19.8. The highest BCUT2D eigenvalue weighted by atomic mass is 19.1. The first-order valence-electron chi connectivity index (χ1n) is 9.04. The molecule has 0 aliphatic rings. The molecule has 4 aromatic rings. The minimum Gasteiger partial charge on any atom is -0.382 e. The Morgan fingerprint density at radius 1 is 1.13 bits per heavy atom. The van der Waals surface area contributed by atoms with Crippen LogP contribution in [0.3, 0.4) is 0 Å². The average Bonchev–Trinajstić information content (AvgIpc) is 3.41. The van der Waals surface area contributed by atoms with Gasteiger partial charge in [0.2, 0.25) is 0 Å². The lowest BCUT2D eigenvalue weighted by molar-refractivity contribution is -0.0121. The number of aromatic nitrogens is 6. The van der Waals surface area contributed by atoms with Crippen molar-refractivity contribution in [3.8, 4) is 11.3 Å². The van der Waals surface area contributed by atoms with Gasteiger partial charge in [-0.05, 0) is 17.7 Å². The maximum absolute atomic E-state index is 15.0. The van der Waals surface area contributed by atoms with Crippen molar-refractivity contribution in [1.82, 2.24) is 30.2 Å². The molecule has 0 bridgehead atoms. The lowest BCUT2D eigenvalue weighted by atomic mass is 9.77. The zero-order chi connectivity index (χ0) is 21.3. The Kier molecular flexibility index (Phi) is 5.08. The van der Waals surface area contributed by atoms with E-state index in [1.54, 1.807) is 13.0 Å². The number of hydrogen-bond donors (Lipinski definition) is 2. The van der Waals surface area contributed by atoms with E-state index in [0.717, 1.165) is 12.1 Å². The van der Waals surface area contributed by atoms with Crippen LogP contribution in [0.5, 0.6) is 0 Å². The van der Waals surface area contributed by atoms with Crippen molar-refractivity contribution in [2.24, 2.45) is 0 Å². The van der Waals surface area contributed by atoms with Gasteiger partial charge in [-0.15, -0.1) is 0 Å². The fourth-order valence-electron chi connectivity index (χ4n) is 3.49. The van der Waals surface area contributed by atoms with Crippen LogP contribution in [0.25, 0.3) is 11.3 Å². The van der Waals surface area contributed by atoms with Crippen molar-refractivity contribution < 1.29 is 18.3 Å². The van der Waals surface area contributed by atoms with Crippen LogP contribution in [0.4, 0.5) is 13.2 Å². The van der Waals surface area contributed by atoms with Crippen molar-refractivity contribution in [1.29, 1.82) is 0 Å². The molecule has 0 fully saturated rings. The van der Waals surface area contributed by atoms with Gasteiger partial charge in [0, 0.05) is 23.1 Å². The Morgan fingerprint density at radius 2 is 1.97 bits per heavy atom. The van der Waals surface area contributed by atoms with Crippen LogP contribution in [-0.2, 0) is 12.1 Å². The second-order valence-electron chi connectivity index (χ2n) is 6.95. The normalized spacial score (nSPS) is 14.4. The number of aromatic amines is 1. The van der Waals surface area contributed by atoms with Crippen molar-refractivity contribution >= 4 is 0 Å². The first-order chi connectivity index (χ1) is 14.4. The van der Waals surface area contributed by atoms with Crippen molar-refractivity contribution in [3.63, 3.8) is 0 Å². The van der Waals surface area contributed by atoms with E-state index < -0.39 is 29.0 Å². The summed E-state index contributed by atoms with van der Waals surface area (Å²) in [6.07, 6.45) is 4.06. The number of H-pyrrole nitrogens is 1. The number of nitrogens with one attached hydrogen (secondary N) is 1. The van der Waals surface area contributed by atoms with Gasteiger partial charge in [0.25, 0.3) is 0 Å². The molecule has 2 heterocycles. The van der Waals surface area contributed by atoms with Crippen molar-refractivity contribution in [2.45, 2.75) is 25.0 Å². The number of rotatable bonds is 6. The molecule has 10 heteroatoms. The Labute approximate surface area is 169 Å². The highest BCUT2D eigenvalue weighted by molar-refractivity contribution is 5.58. The van der Waals surface area contributed by atoms with Crippen LogP contribution >= 0.6 is 0 Å². The Balaban J connectivity index is 1.78. The molecule has 4 rings (SSSR count). The molecule has 2 atom stereocenters.